The SMILES string of the molecule is CCC(CC)NCCCn1cc(C)cn1. The highest BCUT2D eigenvalue weighted by molar-refractivity contribution is 4.99. The molecule has 0 radical (unpaired) electrons. The van der Waals surface area contributed by atoms with E-state index in [9.17, 15) is 0 Å². The summed E-state index contributed by atoms with van der Waals surface area (Å²) in [5.74, 6) is 0. The van der Waals surface area contributed by atoms with Crippen molar-refractivity contribution in [1.82, 2.24) is 15.1 Å². The Hall–Kier alpha value is -0.830. The maximum atomic E-state index is 4.26. The summed E-state index contributed by atoms with van der Waals surface area (Å²) in [5, 5.41) is 7.82. The summed E-state index contributed by atoms with van der Waals surface area (Å²) < 4.78 is 2.02. The highest BCUT2D eigenvalue weighted by Crippen LogP contribution is 1.98. The number of aryl methyl sites for hydroxylation is 2. The second-order valence-corrected chi connectivity index (χ2v) is 4.10. The zero-order valence-electron chi connectivity index (χ0n) is 10.2. The highest BCUT2D eigenvalue weighted by atomic mass is 15.3. The average Bonchev–Trinajstić information content (AvgIpc) is 2.65. The van der Waals surface area contributed by atoms with Crippen LogP contribution < -0.4 is 5.32 Å². The van der Waals surface area contributed by atoms with Gasteiger partial charge in [0.05, 0.1) is 6.20 Å². The van der Waals surface area contributed by atoms with Crippen molar-refractivity contribution in [2.45, 2.75) is 52.6 Å². The van der Waals surface area contributed by atoms with Crippen LogP contribution in [0.25, 0.3) is 0 Å². The molecular weight excluding hydrogens is 186 g/mol. The molecule has 15 heavy (non-hydrogen) atoms. The first kappa shape index (κ1) is 12.2. The van der Waals surface area contributed by atoms with Crippen molar-refractivity contribution < 1.29 is 0 Å². The predicted octanol–water partition coefficient (Wildman–Crippen LogP) is 2.36. The molecule has 1 rings (SSSR count). The average molecular weight is 209 g/mol. The summed E-state index contributed by atoms with van der Waals surface area (Å²) in [5.41, 5.74) is 1.24. The van der Waals surface area contributed by atoms with Crippen molar-refractivity contribution in [3.63, 3.8) is 0 Å². The van der Waals surface area contributed by atoms with Gasteiger partial charge in [0.2, 0.25) is 0 Å². The summed E-state index contributed by atoms with van der Waals surface area (Å²) in [6, 6.07) is 0.685. The zero-order chi connectivity index (χ0) is 11.1. The minimum atomic E-state index is 0.685. The Labute approximate surface area is 92.9 Å². The van der Waals surface area contributed by atoms with Gasteiger partial charge in [0, 0.05) is 18.8 Å². The number of rotatable bonds is 7. The van der Waals surface area contributed by atoms with Gasteiger partial charge in [0.1, 0.15) is 0 Å². The first-order valence-corrected chi connectivity index (χ1v) is 5.98. The standard InChI is InChI=1S/C12H23N3/c1-4-12(5-2)13-7-6-8-15-10-11(3)9-14-15/h9-10,12-13H,4-8H2,1-3H3. The lowest BCUT2D eigenvalue weighted by Gasteiger charge is -2.14. The van der Waals surface area contributed by atoms with Gasteiger partial charge in [-0.15, -0.1) is 0 Å². The molecule has 0 saturated heterocycles. The summed E-state index contributed by atoms with van der Waals surface area (Å²) in [6.07, 6.45) is 7.60. The van der Waals surface area contributed by atoms with Gasteiger partial charge >= 0.3 is 0 Å². The Morgan fingerprint density at radius 1 is 1.40 bits per heavy atom. The van der Waals surface area contributed by atoms with E-state index in [0.29, 0.717) is 6.04 Å². The van der Waals surface area contributed by atoms with Gasteiger partial charge in [-0.05, 0) is 38.3 Å². The molecule has 1 heterocycles. The van der Waals surface area contributed by atoms with Crippen LogP contribution in [0.5, 0.6) is 0 Å². The molecular formula is C12H23N3. The molecule has 0 amide bonds. The lowest BCUT2D eigenvalue weighted by Crippen LogP contribution is -2.29. The molecule has 3 heteroatoms. The molecule has 0 atom stereocenters. The van der Waals surface area contributed by atoms with Gasteiger partial charge < -0.3 is 5.32 Å². The van der Waals surface area contributed by atoms with Crippen molar-refractivity contribution in [3.05, 3.63) is 18.0 Å². The van der Waals surface area contributed by atoms with E-state index in [0.717, 1.165) is 19.5 Å². The Balaban J connectivity index is 2.11. The normalized spacial score (nSPS) is 11.2. The molecule has 86 valence electrons. The molecule has 0 aliphatic rings. The first-order chi connectivity index (χ1) is 7.26. The van der Waals surface area contributed by atoms with Crippen LogP contribution in [0.1, 0.15) is 38.7 Å². The van der Waals surface area contributed by atoms with Crippen LogP contribution in [0, 0.1) is 6.92 Å². The second-order valence-electron chi connectivity index (χ2n) is 4.10. The molecule has 3 nitrogen and oxygen atoms in total. The van der Waals surface area contributed by atoms with Crippen molar-refractivity contribution in [2.24, 2.45) is 0 Å². The van der Waals surface area contributed by atoms with E-state index in [-0.39, 0.29) is 0 Å². The maximum absolute atomic E-state index is 4.26. The minimum absolute atomic E-state index is 0.685. The van der Waals surface area contributed by atoms with Crippen molar-refractivity contribution >= 4 is 0 Å². The third kappa shape index (κ3) is 4.47. The molecule has 1 aromatic heterocycles. The van der Waals surface area contributed by atoms with E-state index in [1.165, 1.54) is 18.4 Å². The van der Waals surface area contributed by atoms with E-state index >= 15 is 0 Å². The molecule has 0 unspecified atom stereocenters. The van der Waals surface area contributed by atoms with E-state index < -0.39 is 0 Å². The summed E-state index contributed by atoms with van der Waals surface area (Å²) in [6.45, 7) is 8.65. The second kappa shape index (κ2) is 6.62. The van der Waals surface area contributed by atoms with E-state index in [4.69, 9.17) is 0 Å². The van der Waals surface area contributed by atoms with E-state index in [1.54, 1.807) is 0 Å². The largest absolute Gasteiger partial charge is 0.314 e. The number of nitrogens with zero attached hydrogens (tertiary/aromatic N) is 2. The fourth-order valence-corrected chi connectivity index (χ4v) is 1.71. The minimum Gasteiger partial charge on any atom is -0.314 e. The van der Waals surface area contributed by atoms with Crippen LogP contribution in [0.2, 0.25) is 0 Å². The fourth-order valence-electron chi connectivity index (χ4n) is 1.71. The number of hydrogen-bond donors (Lipinski definition) is 1. The van der Waals surface area contributed by atoms with Crippen molar-refractivity contribution in [2.75, 3.05) is 6.54 Å². The molecule has 0 aromatic carbocycles. The Bertz CT molecular complexity index is 264. The molecule has 0 fully saturated rings. The Morgan fingerprint density at radius 3 is 2.67 bits per heavy atom. The zero-order valence-corrected chi connectivity index (χ0v) is 10.2. The van der Waals surface area contributed by atoms with Gasteiger partial charge in [0.15, 0.2) is 0 Å². The van der Waals surface area contributed by atoms with Crippen LogP contribution in [0.4, 0.5) is 0 Å². The molecule has 0 saturated carbocycles. The van der Waals surface area contributed by atoms with Crippen LogP contribution >= 0.6 is 0 Å². The predicted molar refractivity (Wildman–Crippen MR) is 64.0 cm³/mol. The van der Waals surface area contributed by atoms with Gasteiger partial charge in [-0.2, -0.15) is 5.10 Å². The fraction of sp³-hybridized carbons (Fsp3) is 0.750. The van der Waals surface area contributed by atoms with Gasteiger partial charge in [-0.3, -0.25) is 4.68 Å². The third-order valence-corrected chi connectivity index (χ3v) is 2.74. The van der Waals surface area contributed by atoms with Crippen molar-refractivity contribution in [1.29, 1.82) is 0 Å². The molecule has 0 aliphatic heterocycles. The van der Waals surface area contributed by atoms with E-state index in [1.807, 2.05) is 10.9 Å². The lowest BCUT2D eigenvalue weighted by molar-refractivity contribution is 0.458. The van der Waals surface area contributed by atoms with Crippen LogP contribution in [-0.4, -0.2) is 22.4 Å². The van der Waals surface area contributed by atoms with Gasteiger partial charge in [0.25, 0.3) is 0 Å². The Kier molecular flexibility index (Phi) is 5.40. The van der Waals surface area contributed by atoms with Gasteiger partial charge in [-0.25, -0.2) is 0 Å². The Morgan fingerprint density at radius 2 is 2.13 bits per heavy atom. The topological polar surface area (TPSA) is 29.9 Å². The monoisotopic (exact) mass is 209 g/mol. The smallest absolute Gasteiger partial charge is 0.0518 e. The quantitative estimate of drug-likeness (QED) is 0.699. The number of hydrogen-bond acceptors (Lipinski definition) is 2. The van der Waals surface area contributed by atoms with Crippen LogP contribution in [-0.2, 0) is 6.54 Å². The summed E-state index contributed by atoms with van der Waals surface area (Å²) in [4.78, 5) is 0. The van der Waals surface area contributed by atoms with E-state index in [2.05, 4.69) is 37.4 Å². The molecule has 1 aromatic rings. The first-order valence-electron chi connectivity index (χ1n) is 5.98. The third-order valence-electron chi connectivity index (χ3n) is 2.74. The lowest BCUT2D eigenvalue weighted by atomic mass is 10.2. The molecule has 0 aliphatic carbocycles. The van der Waals surface area contributed by atoms with Crippen LogP contribution in [0.3, 0.4) is 0 Å². The van der Waals surface area contributed by atoms with Gasteiger partial charge in [-0.1, -0.05) is 13.8 Å². The summed E-state index contributed by atoms with van der Waals surface area (Å²) >= 11 is 0. The van der Waals surface area contributed by atoms with Crippen LogP contribution in [0.15, 0.2) is 12.4 Å². The molecule has 0 spiro atoms. The summed E-state index contributed by atoms with van der Waals surface area (Å²) in [7, 11) is 0. The number of aromatic nitrogens is 2. The highest BCUT2D eigenvalue weighted by Gasteiger charge is 2.00. The number of nitrogens with one attached hydrogen (secondary N) is 1. The molecule has 0 bridgehead atoms. The van der Waals surface area contributed by atoms with Crippen molar-refractivity contribution in [3.8, 4) is 0 Å². The maximum Gasteiger partial charge on any atom is 0.0518 e. The molecule has 1 N–H and O–H groups in total.